The molecule has 2 unspecified atom stereocenters. The molecule has 0 aromatic heterocycles. The van der Waals surface area contributed by atoms with Gasteiger partial charge in [0.05, 0.1) is 6.54 Å². The zero-order chi connectivity index (χ0) is 12.1. The summed E-state index contributed by atoms with van der Waals surface area (Å²) in [6.07, 6.45) is 5.44. The predicted octanol–water partition coefficient (Wildman–Crippen LogP) is 3.38. The van der Waals surface area contributed by atoms with Crippen LogP contribution >= 0.6 is 23.5 Å². The first kappa shape index (κ1) is 13.6. The Kier molecular flexibility index (Phi) is 5.54. The molecule has 0 aromatic rings. The van der Waals surface area contributed by atoms with Crippen LogP contribution in [0, 0.1) is 5.92 Å². The zero-order valence-corrected chi connectivity index (χ0v) is 12.6. The van der Waals surface area contributed by atoms with Crippen molar-refractivity contribution in [3.63, 3.8) is 0 Å². The van der Waals surface area contributed by atoms with E-state index in [0.29, 0.717) is 6.04 Å². The van der Waals surface area contributed by atoms with E-state index in [1.54, 1.807) is 0 Å². The van der Waals surface area contributed by atoms with Crippen LogP contribution < -0.4 is 5.32 Å². The number of rotatable bonds is 4. The van der Waals surface area contributed by atoms with E-state index >= 15 is 0 Å². The first-order valence-electron chi connectivity index (χ1n) is 6.79. The molecule has 4 heteroatoms. The van der Waals surface area contributed by atoms with Crippen LogP contribution in [0.1, 0.15) is 39.5 Å². The number of amidine groups is 1. The van der Waals surface area contributed by atoms with Crippen LogP contribution in [0.2, 0.25) is 0 Å². The van der Waals surface area contributed by atoms with Crippen molar-refractivity contribution in [2.75, 3.05) is 18.1 Å². The maximum Gasteiger partial charge on any atom is 0.156 e. The number of thioether (sulfide) groups is 2. The van der Waals surface area contributed by atoms with Gasteiger partial charge in [0.2, 0.25) is 0 Å². The molecule has 0 amide bonds. The fourth-order valence-electron chi connectivity index (χ4n) is 2.36. The zero-order valence-electron chi connectivity index (χ0n) is 10.9. The van der Waals surface area contributed by atoms with Gasteiger partial charge in [0.15, 0.2) is 5.17 Å². The average molecular weight is 272 g/mol. The van der Waals surface area contributed by atoms with Crippen molar-refractivity contribution >= 4 is 28.7 Å². The van der Waals surface area contributed by atoms with Crippen LogP contribution in [-0.4, -0.2) is 34.5 Å². The minimum absolute atomic E-state index is 0.651. The summed E-state index contributed by atoms with van der Waals surface area (Å²) in [5.74, 6) is 3.32. The maximum atomic E-state index is 4.75. The molecule has 2 aliphatic heterocycles. The fraction of sp³-hybridized carbons (Fsp3) is 0.923. The molecule has 17 heavy (non-hydrogen) atoms. The van der Waals surface area contributed by atoms with Gasteiger partial charge in [-0.1, -0.05) is 32.0 Å². The third-order valence-electron chi connectivity index (χ3n) is 3.22. The summed E-state index contributed by atoms with van der Waals surface area (Å²) in [4.78, 5) is 4.75. The van der Waals surface area contributed by atoms with Gasteiger partial charge in [0, 0.05) is 17.0 Å². The van der Waals surface area contributed by atoms with Crippen molar-refractivity contribution in [2.45, 2.75) is 50.8 Å². The van der Waals surface area contributed by atoms with E-state index in [1.807, 2.05) is 11.8 Å². The standard InChI is InChI=1S/C13H24N2S2/c1-10(2)7-11-9-17-13(15-11)14-8-12-5-3-4-6-16-12/h10-12H,3-9H2,1-2H3,(H,14,15). The number of aliphatic imine (C=N–C) groups is 1. The van der Waals surface area contributed by atoms with E-state index < -0.39 is 0 Å². The highest BCUT2D eigenvalue weighted by Crippen LogP contribution is 2.26. The summed E-state index contributed by atoms with van der Waals surface area (Å²) in [7, 11) is 0. The lowest BCUT2D eigenvalue weighted by atomic mass is 10.1. The highest BCUT2D eigenvalue weighted by molar-refractivity contribution is 8.14. The van der Waals surface area contributed by atoms with E-state index in [9.17, 15) is 0 Å². The Hall–Kier alpha value is 0.170. The highest BCUT2D eigenvalue weighted by atomic mass is 32.2. The molecule has 0 aromatic carbocycles. The lowest BCUT2D eigenvalue weighted by molar-refractivity contribution is 0.502. The minimum atomic E-state index is 0.651. The number of hydrogen-bond donors (Lipinski definition) is 1. The Morgan fingerprint density at radius 1 is 1.41 bits per heavy atom. The topological polar surface area (TPSA) is 24.4 Å². The third-order valence-corrected chi connectivity index (χ3v) is 5.69. The van der Waals surface area contributed by atoms with Crippen LogP contribution in [0.4, 0.5) is 0 Å². The number of hydrogen-bond acceptors (Lipinski definition) is 3. The molecule has 0 aliphatic carbocycles. The van der Waals surface area contributed by atoms with Crippen LogP contribution in [0.3, 0.4) is 0 Å². The lowest BCUT2D eigenvalue weighted by Gasteiger charge is -2.19. The maximum absolute atomic E-state index is 4.75. The second-order valence-electron chi connectivity index (χ2n) is 5.42. The average Bonchev–Trinajstić information content (AvgIpc) is 2.75. The molecular formula is C13H24N2S2. The molecule has 2 rings (SSSR count). The molecule has 0 bridgehead atoms. The molecule has 1 N–H and O–H groups in total. The van der Waals surface area contributed by atoms with Gasteiger partial charge in [-0.2, -0.15) is 11.8 Å². The van der Waals surface area contributed by atoms with Crippen molar-refractivity contribution in [1.82, 2.24) is 5.32 Å². The smallest absolute Gasteiger partial charge is 0.156 e. The van der Waals surface area contributed by atoms with Crippen molar-refractivity contribution in [1.29, 1.82) is 0 Å². The van der Waals surface area contributed by atoms with Crippen molar-refractivity contribution in [3.8, 4) is 0 Å². The van der Waals surface area contributed by atoms with Crippen LogP contribution in [0.5, 0.6) is 0 Å². The normalized spacial score (nSPS) is 32.1. The molecule has 2 atom stereocenters. The molecular weight excluding hydrogens is 248 g/mol. The fourth-order valence-corrected chi connectivity index (χ4v) is 4.57. The van der Waals surface area contributed by atoms with Gasteiger partial charge in [0.1, 0.15) is 0 Å². The summed E-state index contributed by atoms with van der Waals surface area (Å²) in [5.41, 5.74) is 0. The number of nitrogens with zero attached hydrogens (tertiary/aromatic N) is 1. The second-order valence-corrected chi connectivity index (χ2v) is 7.83. The third kappa shape index (κ3) is 4.74. The summed E-state index contributed by atoms with van der Waals surface area (Å²) < 4.78 is 0. The number of nitrogens with one attached hydrogen (secondary N) is 1. The highest BCUT2D eigenvalue weighted by Gasteiger charge is 2.21. The SMILES string of the molecule is CC(C)CC1CSC(=NCC2CCCCS2)N1. The van der Waals surface area contributed by atoms with Crippen LogP contribution in [0.15, 0.2) is 4.99 Å². The van der Waals surface area contributed by atoms with E-state index in [1.165, 1.54) is 42.4 Å². The monoisotopic (exact) mass is 272 g/mol. The molecule has 2 fully saturated rings. The molecule has 0 radical (unpaired) electrons. The van der Waals surface area contributed by atoms with Crippen molar-refractivity contribution < 1.29 is 0 Å². The van der Waals surface area contributed by atoms with Crippen LogP contribution in [0.25, 0.3) is 0 Å². The quantitative estimate of drug-likeness (QED) is 0.849. The summed E-state index contributed by atoms with van der Waals surface area (Å²) in [6.45, 7) is 5.61. The summed E-state index contributed by atoms with van der Waals surface area (Å²) in [6, 6.07) is 0.651. The molecule has 98 valence electrons. The summed E-state index contributed by atoms with van der Waals surface area (Å²) >= 11 is 4.02. The Labute approximate surface area is 114 Å². The van der Waals surface area contributed by atoms with Gasteiger partial charge in [-0.25, -0.2) is 0 Å². The Bertz CT molecular complexity index is 260. The molecule has 2 aliphatic rings. The summed E-state index contributed by atoms with van der Waals surface area (Å²) in [5, 5.41) is 5.54. The van der Waals surface area contributed by atoms with Crippen LogP contribution in [-0.2, 0) is 0 Å². The molecule has 2 heterocycles. The molecule has 0 spiro atoms. The predicted molar refractivity (Wildman–Crippen MR) is 81.2 cm³/mol. The largest absolute Gasteiger partial charge is 0.361 e. The Morgan fingerprint density at radius 2 is 2.29 bits per heavy atom. The van der Waals surface area contributed by atoms with Gasteiger partial charge in [0.25, 0.3) is 0 Å². The molecule has 0 saturated carbocycles. The molecule has 2 saturated heterocycles. The second kappa shape index (κ2) is 6.93. The van der Waals surface area contributed by atoms with Gasteiger partial charge in [-0.15, -0.1) is 0 Å². The van der Waals surface area contributed by atoms with E-state index in [4.69, 9.17) is 4.99 Å². The van der Waals surface area contributed by atoms with E-state index in [0.717, 1.165) is 17.7 Å². The Morgan fingerprint density at radius 3 is 3.00 bits per heavy atom. The first-order chi connectivity index (χ1) is 8.24. The Balaban J connectivity index is 1.71. The van der Waals surface area contributed by atoms with Gasteiger partial charge in [-0.05, 0) is 30.9 Å². The first-order valence-corrected chi connectivity index (χ1v) is 8.83. The van der Waals surface area contributed by atoms with Gasteiger partial charge >= 0.3 is 0 Å². The van der Waals surface area contributed by atoms with Crippen molar-refractivity contribution in [3.05, 3.63) is 0 Å². The van der Waals surface area contributed by atoms with Gasteiger partial charge in [-0.3, -0.25) is 4.99 Å². The minimum Gasteiger partial charge on any atom is -0.361 e. The van der Waals surface area contributed by atoms with Gasteiger partial charge < -0.3 is 5.32 Å². The van der Waals surface area contributed by atoms with E-state index in [-0.39, 0.29) is 0 Å². The lowest BCUT2D eigenvalue weighted by Crippen LogP contribution is -2.28. The molecule has 2 nitrogen and oxygen atoms in total. The van der Waals surface area contributed by atoms with E-state index in [2.05, 4.69) is 30.9 Å². The van der Waals surface area contributed by atoms with Crippen molar-refractivity contribution in [2.24, 2.45) is 10.9 Å².